The lowest BCUT2D eigenvalue weighted by atomic mass is 10.2. The van der Waals surface area contributed by atoms with Crippen molar-refractivity contribution in [2.75, 3.05) is 6.61 Å². The van der Waals surface area contributed by atoms with Crippen LogP contribution in [0.1, 0.15) is 13.3 Å². The van der Waals surface area contributed by atoms with E-state index in [1.807, 2.05) is 0 Å². The Morgan fingerprint density at radius 2 is 2.26 bits per heavy atom. The molecule has 0 bridgehead atoms. The van der Waals surface area contributed by atoms with Gasteiger partial charge in [-0.1, -0.05) is 13.0 Å². The van der Waals surface area contributed by atoms with Crippen molar-refractivity contribution in [1.29, 1.82) is 0 Å². The van der Waals surface area contributed by atoms with Crippen molar-refractivity contribution in [3.8, 4) is 5.75 Å². The molecule has 0 unspecified atom stereocenters. The molecule has 0 aliphatic carbocycles. The molecule has 102 valence electrons. The van der Waals surface area contributed by atoms with Gasteiger partial charge in [0.2, 0.25) is 5.75 Å². The Bertz CT molecular complexity index is 527. The Hall–Kier alpha value is -1.89. The average molecular weight is 330 g/mol. The minimum atomic E-state index is -1.02. The summed E-state index contributed by atoms with van der Waals surface area (Å²) in [6, 6.07) is 4.46. The lowest BCUT2D eigenvalue weighted by molar-refractivity contribution is -0.385. The van der Waals surface area contributed by atoms with E-state index in [9.17, 15) is 14.9 Å². The number of benzene rings is 1. The molecule has 0 heterocycles. The Morgan fingerprint density at radius 3 is 2.79 bits per heavy atom. The third-order valence-corrected chi connectivity index (χ3v) is 2.98. The van der Waals surface area contributed by atoms with Gasteiger partial charge in [0, 0.05) is 11.6 Å². The maximum Gasteiger partial charge on any atom is 0.331 e. The smallest absolute Gasteiger partial charge is 0.331 e. The molecule has 0 saturated heterocycles. The summed E-state index contributed by atoms with van der Waals surface area (Å²) in [4.78, 5) is 21.1. The van der Waals surface area contributed by atoms with Crippen molar-refractivity contribution in [3.63, 3.8) is 0 Å². The van der Waals surface area contributed by atoms with Crippen molar-refractivity contribution in [1.82, 2.24) is 0 Å². The van der Waals surface area contributed by atoms with Gasteiger partial charge in [-0.3, -0.25) is 10.1 Å². The zero-order valence-corrected chi connectivity index (χ0v) is 11.7. The number of hydrogen-bond donors (Lipinski definition) is 1. The highest BCUT2D eigenvalue weighted by atomic mass is 79.9. The van der Waals surface area contributed by atoms with Gasteiger partial charge < -0.3 is 9.84 Å². The zero-order valence-electron chi connectivity index (χ0n) is 10.1. The number of carboxylic acid groups (broad SMARTS) is 1. The Kier molecular flexibility index (Phi) is 5.50. The number of para-hydroxylation sites is 1. The molecule has 6 nitrogen and oxygen atoms in total. The molecule has 0 aromatic heterocycles. The van der Waals surface area contributed by atoms with Crippen molar-refractivity contribution in [3.05, 3.63) is 44.4 Å². The number of nitro benzene ring substituents is 1. The summed E-state index contributed by atoms with van der Waals surface area (Å²) in [6.45, 7) is 1.67. The summed E-state index contributed by atoms with van der Waals surface area (Å²) in [5.74, 6) is -0.933. The van der Waals surface area contributed by atoms with Gasteiger partial charge in [0.1, 0.15) is 6.61 Å². The highest BCUT2D eigenvalue weighted by Gasteiger charge is 2.17. The molecule has 0 aliphatic rings. The zero-order chi connectivity index (χ0) is 14.4. The van der Waals surface area contributed by atoms with Crippen LogP contribution in [0.15, 0.2) is 34.3 Å². The van der Waals surface area contributed by atoms with Crippen LogP contribution in [-0.2, 0) is 4.79 Å². The summed E-state index contributed by atoms with van der Waals surface area (Å²) >= 11 is 3.16. The fourth-order valence-corrected chi connectivity index (χ4v) is 1.86. The van der Waals surface area contributed by atoms with Crippen LogP contribution < -0.4 is 4.74 Å². The standard InChI is InChI=1S/C12H12BrNO5/c1-2-8(12(15)16)6-7-19-11-9(13)4-3-5-10(11)14(17)18/h3-6H,2,7H2,1H3,(H,15,16)/b8-6-. The molecule has 0 spiro atoms. The maximum absolute atomic E-state index is 10.8. The third-order valence-electron chi connectivity index (χ3n) is 2.36. The van der Waals surface area contributed by atoms with Crippen LogP contribution in [-0.4, -0.2) is 22.6 Å². The van der Waals surface area contributed by atoms with E-state index < -0.39 is 10.9 Å². The van der Waals surface area contributed by atoms with Gasteiger partial charge in [-0.25, -0.2) is 4.79 Å². The van der Waals surface area contributed by atoms with Gasteiger partial charge in [-0.15, -0.1) is 0 Å². The summed E-state index contributed by atoms with van der Waals surface area (Å²) in [6.07, 6.45) is 1.75. The summed E-state index contributed by atoms with van der Waals surface area (Å²) in [5, 5.41) is 19.7. The highest BCUT2D eigenvalue weighted by Crippen LogP contribution is 2.34. The fraction of sp³-hybridized carbons (Fsp3) is 0.250. The quantitative estimate of drug-likeness (QED) is 0.492. The second kappa shape index (κ2) is 6.89. The fourth-order valence-electron chi connectivity index (χ4n) is 1.39. The molecule has 0 saturated carbocycles. The maximum atomic E-state index is 10.8. The molecule has 1 N–H and O–H groups in total. The molecule has 0 fully saturated rings. The van der Waals surface area contributed by atoms with Gasteiger partial charge in [-0.05, 0) is 34.5 Å². The van der Waals surface area contributed by atoms with E-state index in [4.69, 9.17) is 9.84 Å². The van der Waals surface area contributed by atoms with E-state index in [0.29, 0.717) is 10.9 Å². The Labute approximate surface area is 118 Å². The van der Waals surface area contributed by atoms with Gasteiger partial charge in [0.15, 0.2) is 0 Å². The number of carboxylic acids is 1. The lowest BCUT2D eigenvalue weighted by Crippen LogP contribution is -2.04. The number of aliphatic carboxylic acids is 1. The van der Waals surface area contributed by atoms with Crippen molar-refractivity contribution in [2.24, 2.45) is 0 Å². The summed E-state index contributed by atoms with van der Waals surface area (Å²) in [7, 11) is 0. The Balaban J connectivity index is 2.89. The molecular weight excluding hydrogens is 318 g/mol. The number of nitro groups is 1. The number of ether oxygens (including phenoxy) is 1. The van der Waals surface area contributed by atoms with Gasteiger partial charge in [0.25, 0.3) is 0 Å². The minimum absolute atomic E-state index is 0.0427. The first-order chi connectivity index (χ1) is 8.97. The van der Waals surface area contributed by atoms with Crippen LogP contribution in [0.25, 0.3) is 0 Å². The van der Waals surface area contributed by atoms with Crippen LogP contribution in [0.4, 0.5) is 5.69 Å². The van der Waals surface area contributed by atoms with Crippen LogP contribution in [0.3, 0.4) is 0 Å². The number of nitrogens with zero attached hydrogens (tertiary/aromatic N) is 1. The van der Waals surface area contributed by atoms with Gasteiger partial charge in [0.05, 0.1) is 9.40 Å². The topological polar surface area (TPSA) is 89.7 Å². The molecule has 0 aliphatic heterocycles. The van der Waals surface area contributed by atoms with Crippen LogP contribution >= 0.6 is 15.9 Å². The first-order valence-corrected chi connectivity index (χ1v) is 6.24. The lowest BCUT2D eigenvalue weighted by Gasteiger charge is -2.07. The number of rotatable bonds is 6. The summed E-state index contributed by atoms with van der Waals surface area (Å²) in [5.41, 5.74) is 0.0332. The second-order valence-electron chi connectivity index (χ2n) is 3.54. The van der Waals surface area contributed by atoms with Gasteiger partial charge in [-0.2, -0.15) is 0 Å². The molecule has 1 rings (SSSR count). The molecule has 0 radical (unpaired) electrons. The molecular formula is C12H12BrNO5. The normalized spacial score (nSPS) is 11.2. The molecule has 7 heteroatoms. The number of carbonyl (C=O) groups is 1. The SMILES string of the molecule is CC/C(=C/COc1c(Br)cccc1[N+](=O)[O-])C(=O)O. The minimum Gasteiger partial charge on any atom is -0.482 e. The van der Waals surface area contributed by atoms with E-state index in [0.717, 1.165) is 0 Å². The number of hydrogen-bond acceptors (Lipinski definition) is 4. The number of halogens is 1. The molecule has 1 aromatic rings. The van der Waals surface area contributed by atoms with E-state index in [2.05, 4.69) is 15.9 Å². The van der Waals surface area contributed by atoms with E-state index in [1.165, 1.54) is 18.2 Å². The third kappa shape index (κ3) is 4.06. The van der Waals surface area contributed by atoms with Crippen molar-refractivity contribution in [2.45, 2.75) is 13.3 Å². The average Bonchev–Trinajstić information content (AvgIpc) is 2.35. The Morgan fingerprint density at radius 1 is 1.58 bits per heavy atom. The van der Waals surface area contributed by atoms with E-state index in [-0.39, 0.29) is 23.6 Å². The second-order valence-corrected chi connectivity index (χ2v) is 4.40. The first kappa shape index (κ1) is 15.2. The molecule has 19 heavy (non-hydrogen) atoms. The highest BCUT2D eigenvalue weighted by molar-refractivity contribution is 9.10. The van der Waals surface area contributed by atoms with Crippen LogP contribution in [0.5, 0.6) is 5.75 Å². The molecule has 0 atom stereocenters. The van der Waals surface area contributed by atoms with Crippen molar-refractivity contribution < 1.29 is 19.6 Å². The van der Waals surface area contributed by atoms with E-state index >= 15 is 0 Å². The largest absolute Gasteiger partial charge is 0.482 e. The van der Waals surface area contributed by atoms with Crippen LogP contribution in [0.2, 0.25) is 0 Å². The molecule has 1 aromatic carbocycles. The monoisotopic (exact) mass is 329 g/mol. The predicted molar refractivity (Wildman–Crippen MR) is 72.3 cm³/mol. The summed E-state index contributed by atoms with van der Waals surface area (Å²) < 4.78 is 5.73. The van der Waals surface area contributed by atoms with E-state index in [1.54, 1.807) is 13.0 Å². The first-order valence-electron chi connectivity index (χ1n) is 5.45. The predicted octanol–water partition coefficient (Wildman–Crippen LogP) is 3.16. The molecule has 0 amide bonds. The van der Waals surface area contributed by atoms with Crippen molar-refractivity contribution >= 4 is 27.6 Å². The van der Waals surface area contributed by atoms with Crippen LogP contribution in [0, 0.1) is 10.1 Å². The van der Waals surface area contributed by atoms with Gasteiger partial charge >= 0.3 is 11.7 Å².